The number of carbonyl (C=O) groups is 1. The maximum absolute atomic E-state index is 10.8. The van der Waals surface area contributed by atoms with Crippen molar-refractivity contribution in [3.63, 3.8) is 0 Å². The first-order valence-corrected chi connectivity index (χ1v) is 4.47. The molecule has 0 aromatic carbocycles. The Morgan fingerprint density at radius 1 is 1.62 bits per heavy atom. The van der Waals surface area contributed by atoms with Crippen LogP contribution in [0.5, 0.6) is 0 Å². The summed E-state index contributed by atoms with van der Waals surface area (Å²) in [7, 11) is 1.57. The number of carboxylic acid groups (broad SMARTS) is 1. The van der Waals surface area contributed by atoms with Gasteiger partial charge < -0.3 is 15.2 Å². The highest BCUT2D eigenvalue weighted by atomic mass is 16.5. The van der Waals surface area contributed by atoms with Crippen LogP contribution in [0.3, 0.4) is 0 Å². The first kappa shape index (κ1) is 8.77. The minimum atomic E-state index is -0.874. The number of methoxy groups -OCH3 is 1. The fourth-order valence-electron chi connectivity index (χ4n) is 2.36. The monoisotopic (exact) mass is 186 g/mol. The van der Waals surface area contributed by atoms with E-state index in [0.29, 0.717) is 18.4 Å². The molecule has 1 amide bonds. The van der Waals surface area contributed by atoms with E-state index in [-0.39, 0.29) is 6.23 Å². The molecule has 13 heavy (non-hydrogen) atoms. The lowest BCUT2D eigenvalue weighted by Crippen LogP contribution is -2.40. The summed E-state index contributed by atoms with van der Waals surface area (Å²) in [6.45, 7) is 2.38. The van der Waals surface area contributed by atoms with Crippen LogP contribution in [-0.4, -0.2) is 49.1 Å². The van der Waals surface area contributed by atoms with Crippen LogP contribution in [0.25, 0.3) is 0 Å². The smallest absolute Gasteiger partial charge is 0.409 e. The van der Waals surface area contributed by atoms with Gasteiger partial charge in [-0.1, -0.05) is 0 Å². The SMILES string of the molecule is COC1C2CNCC2CN1C(=O)O. The number of nitrogens with one attached hydrogen (secondary N) is 1. The molecule has 2 aliphatic heterocycles. The molecule has 0 radical (unpaired) electrons. The molecule has 2 fully saturated rings. The van der Waals surface area contributed by atoms with Gasteiger partial charge >= 0.3 is 6.09 Å². The second-order valence-corrected chi connectivity index (χ2v) is 3.64. The minimum Gasteiger partial charge on any atom is -0.465 e. The number of nitrogens with zero attached hydrogens (tertiary/aromatic N) is 1. The third-order valence-corrected chi connectivity index (χ3v) is 2.98. The Bertz CT molecular complexity index is 221. The van der Waals surface area contributed by atoms with Crippen LogP contribution in [0.2, 0.25) is 0 Å². The molecule has 2 rings (SSSR count). The summed E-state index contributed by atoms with van der Waals surface area (Å²) < 4.78 is 5.20. The molecule has 3 unspecified atom stereocenters. The van der Waals surface area contributed by atoms with E-state index in [2.05, 4.69) is 5.32 Å². The zero-order valence-corrected chi connectivity index (χ0v) is 7.56. The van der Waals surface area contributed by atoms with Crippen molar-refractivity contribution in [2.24, 2.45) is 11.8 Å². The van der Waals surface area contributed by atoms with Crippen LogP contribution in [0.15, 0.2) is 0 Å². The third-order valence-electron chi connectivity index (χ3n) is 2.98. The standard InChI is InChI=1S/C8H14N2O3/c1-13-7-6-3-9-2-5(6)4-10(7)8(11)12/h5-7,9H,2-4H2,1H3,(H,11,12). The second-order valence-electron chi connectivity index (χ2n) is 3.64. The predicted molar refractivity (Wildman–Crippen MR) is 45.4 cm³/mol. The van der Waals surface area contributed by atoms with Gasteiger partial charge in [0.25, 0.3) is 0 Å². The molecule has 5 heteroatoms. The number of fused-ring (bicyclic) bond motifs is 1. The fourth-order valence-corrected chi connectivity index (χ4v) is 2.36. The van der Waals surface area contributed by atoms with Gasteiger partial charge in [-0.3, -0.25) is 4.90 Å². The van der Waals surface area contributed by atoms with Crippen molar-refractivity contribution >= 4 is 6.09 Å². The Hall–Kier alpha value is -0.810. The highest BCUT2D eigenvalue weighted by molar-refractivity contribution is 5.65. The Morgan fingerprint density at radius 2 is 2.38 bits per heavy atom. The molecule has 0 saturated carbocycles. The number of rotatable bonds is 1. The summed E-state index contributed by atoms with van der Waals surface area (Å²) in [4.78, 5) is 12.2. The van der Waals surface area contributed by atoms with E-state index in [1.807, 2.05) is 0 Å². The van der Waals surface area contributed by atoms with Crippen LogP contribution in [0.1, 0.15) is 0 Å². The van der Waals surface area contributed by atoms with Gasteiger partial charge in [-0.25, -0.2) is 4.79 Å². The van der Waals surface area contributed by atoms with Crippen molar-refractivity contribution in [1.29, 1.82) is 0 Å². The molecule has 74 valence electrons. The normalized spacial score (nSPS) is 37.9. The molecule has 0 aliphatic carbocycles. The molecule has 5 nitrogen and oxygen atoms in total. The van der Waals surface area contributed by atoms with Crippen LogP contribution in [0, 0.1) is 11.8 Å². The van der Waals surface area contributed by atoms with Crippen LogP contribution >= 0.6 is 0 Å². The number of hydrogen-bond acceptors (Lipinski definition) is 3. The zero-order valence-electron chi connectivity index (χ0n) is 7.56. The molecule has 2 aliphatic rings. The molecule has 0 spiro atoms. The van der Waals surface area contributed by atoms with Gasteiger partial charge in [-0.2, -0.15) is 0 Å². The average Bonchev–Trinajstić information content (AvgIpc) is 2.60. The van der Waals surface area contributed by atoms with Crippen molar-refractivity contribution in [3.8, 4) is 0 Å². The first-order chi connectivity index (χ1) is 6.24. The van der Waals surface area contributed by atoms with Crippen LogP contribution in [0.4, 0.5) is 4.79 Å². The van der Waals surface area contributed by atoms with Gasteiger partial charge in [-0.05, 0) is 5.92 Å². The molecule has 3 atom stereocenters. The summed E-state index contributed by atoms with van der Waals surface area (Å²) in [5.41, 5.74) is 0. The molecule has 0 aromatic heterocycles. The predicted octanol–water partition coefficient (Wildman–Crippen LogP) is -0.212. The Morgan fingerprint density at radius 3 is 3.00 bits per heavy atom. The third kappa shape index (κ3) is 1.28. The summed E-state index contributed by atoms with van der Waals surface area (Å²) >= 11 is 0. The highest BCUT2D eigenvalue weighted by Gasteiger charge is 2.46. The summed E-state index contributed by atoms with van der Waals surface area (Å²) in [6, 6.07) is 0. The number of ether oxygens (including phenoxy) is 1. The van der Waals surface area contributed by atoms with E-state index < -0.39 is 6.09 Å². The van der Waals surface area contributed by atoms with E-state index in [4.69, 9.17) is 9.84 Å². The van der Waals surface area contributed by atoms with Crippen molar-refractivity contribution in [2.75, 3.05) is 26.7 Å². The van der Waals surface area contributed by atoms with E-state index in [1.54, 1.807) is 7.11 Å². The van der Waals surface area contributed by atoms with Gasteiger partial charge in [0.1, 0.15) is 6.23 Å². The van der Waals surface area contributed by atoms with E-state index in [1.165, 1.54) is 4.90 Å². The second kappa shape index (κ2) is 3.16. The van der Waals surface area contributed by atoms with Gasteiger partial charge in [-0.15, -0.1) is 0 Å². The number of likely N-dealkylation sites (tertiary alicyclic amines) is 1. The van der Waals surface area contributed by atoms with Crippen molar-refractivity contribution in [2.45, 2.75) is 6.23 Å². The Balaban J connectivity index is 2.12. The summed E-state index contributed by atoms with van der Waals surface area (Å²) in [5, 5.41) is 12.1. The quantitative estimate of drug-likeness (QED) is 0.594. The molecule has 0 bridgehead atoms. The van der Waals surface area contributed by atoms with Gasteiger partial charge in [0.2, 0.25) is 0 Å². The minimum absolute atomic E-state index is 0.252. The molecular formula is C8H14N2O3. The first-order valence-electron chi connectivity index (χ1n) is 4.47. The Kier molecular flexibility index (Phi) is 2.13. The van der Waals surface area contributed by atoms with Gasteiger partial charge in [0.15, 0.2) is 0 Å². The molecule has 0 aromatic rings. The summed E-state index contributed by atoms with van der Waals surface area (Å²) in [6.07, 6.45) is -1.13. The van der Waals surface area contributed by atoms with Crippen LogP contribution < -0.4 is 5.32 Å². The number of amides is 1. The highest BCUT2D eigenvalue weighted by Crippen LogP contribution is 2.32. The van der Waals surface area contributed by atoms with Crippen molar-refractivity contribution < 1.29 is 14.6 Å². The number of hydrogen-bond donors (Lipinski definition) is 2. The lowest BCUT2D eigenvalue weighted by atomic mass is 9.99. The molecule has 2 heterocycles. The maximum atomic E-state index is 10.8. The summed E-state index contributed by atoms with van der Waals surface area (Å²) in [5.74, 6) is 0.766. The van der Waals surface area contributed by atoms with E-state index >= 15 is 0 Å². The van der Waals surface area contributed by atoms with Crippen molar-refractivity contribution in [1.82, 2.24) is 10.2 Å². The average molecular weight is 186 g/mol. The van der Waals surface area contributed by atoms with E-state index in [9.17, 15) is 4.79 Å². The largest absolute Gasteiger partial charge is 0.465 e. The van der Waals surface area contributed by atoms with Gasteiger partial charge in [0.05, 0.1) is 0 Å². The van der Waals surface area contributed by atoms with Crippen LogP contribution in [-0.2, 0) is 4.74 Å². The zero-order chi connectivity index (χ0) is 9.42. The van der Waals surface area contributed by atoms with Crippen molar-refractivity contribution in [3.05, 3.63) is 0 Å². The molecule has 2 N–H and O–H groups in total. The molecular weight excluding hydrogens is 172 g/mol. The topological polar surface area (TPSA) is 61.8 Å². The van der Waals surface area contributed by atoms with E-state index in [0.717, 1.165) is 13.1 Å². The molecule has 2 saturated heterocycles. The van der Waals surface area contributed by atoms with Gasteiger partial charge in [0, 0.05) is 32.7 Å². The lowest BCUT2D eigenvalue weighted by molar-refractivity contribution is -0.0193. The maximum Gasteiger partial charge on any atom is 0.409 e. The Labute approximate surface area is 76.7 Å². The lowest BCUT2D eigenvalue weighted by Gasteiger charge is -2.23. The fraction of sp³-hybridized carbons (Fsp3) is 0.875.